The lowest BCUT2D eigenvalue weighted by molar-refractivity contribution is -0.126. The van der Waals surface area contributed by atoms with Crippen LogP contribution in [0.2, 0.25) is 0 Å². The van der Waals surface area contributed by atoms with Gasteiger partial charge in [0.05, 0.1) is 4.90 Å². The Hall–Kier alpha value is -1.40. The Morgan fingerprint density at radius 3 is 2.21 bits per heavy atom. The summed E-state index contributed by atoms with van der Waals surface area (Å²) in [6.45, 7) is 10.0. The van der Waals surface area contributed by atoms with Crippen LogP contribution in [0.4, 0.5) is 0 Å². The number of benzene rings is 1. The lowest BCUT2D eigenvalue weighted by Crippen LogP contribution is -2.43. The molecule has 1 aromatic rings. The molecule has 1 N–H and O–H groups in total. The molecular formula is C22H36N2O3S. The van der Waals surface area contributed by atoms with Crippen LogP contribution in [-0.4, -0.2) is 38.3 Å². The van der Waals surface area contributed by atoms with Crippen molar-refractivity contribution >= 4 is 15.9 Å². The van der Waals surface area contributed by atoms with E-state index in [1.54, 1.807) is 12.1 Å². The normalized spacial score (nSPS) is 16.9. The minimum atomic E-state index is -3.50. The molecule has 0 aromatic heterocycles. The van der Waals surface area contributed by atoms with Gasteiger partial charge < -0.3 is 5.32 Å². The lowest BCUT2D eigenvalue weighted by atomic mass is 9.87. The smallest absolute Gasteiger partial charge is 0.243 e. The summed E-state index contributed by atoms with van der Waals surface area (Å²) in [5.74, 6) is -0.0102. The van der Waals surface area contributed by atoms with Crippen molar-refractivity contribution in [2.75, 3.05) is 19.6 Å². The van der Waals surface area contributed by atoms with Crippen LogP contribution in [0.15, 0.2) is 29.2 Å². The topological polar surface area (TPSA) is 66.5 Å². The number of piperidine rings is 1. The molecule has 0 unspecified atom stereocenters. The monoisotopic (exact) mass is 408 g/mol. The number of nitrogens with zero attached hydrogens (tertiary/aromatic N) is 1. The number of sulfonamides is 1. The van der Waals surface area contributed by atoms with Crippen LogP contribution in [-0.2, 0) is 20.2 Å². The molecule has 1 aromatic carbocycles. The maximum Gasteiger partial charge on any atom is 0.243 e. The number of hydrogen-bond acceptors (Lipinski definition) is 3. The highest BCUT2D eigenvalue weighted by Crippen LogP contribution is 2.27. The Kier molecular flexibility index (Phi) is 8.07. The molecule has 0 radical (unpaired) electrons. The predicted octanol–water partition coefficient (Wildman–Crippen LogP) is 4.08. The third-order valence-corrected chi connectivity index (χ3v) is 7.43. The van der Waals surface area contributed by atoms with Gasteiger partial charge in [-0.05, 0) is 42.4 Å². The summed E-state index contributed by atoms with van der Waals surface area (Å²) in [6.07, 6.45) is 5.70. The fourth-order valence-electron chi connectivity index (χ4n) is 3.54. The van der Waals surface area contributed by atoms with Crippen LogP contribution in [0, 0.1) is 5.92 Å². The first-order valence-corrected chi connectivity index (χ1v) is 12.0. The summed E-state index contributed by atoms with van der Waals surface area (Å²) < 4.78 is 27.4. The summed E-state index contributed by atoms with van der Waals surface area (Å²) in [6, 6.07) is 7.19. The second-order valence-electron chi connectivity index (χ2n) is 8.80. The van der Waals surface area contributed by atoms with Gasteiger partial charge in [0.2, 0.25) is 15.9 Å². The van der Waals surface area contributed by atoms with Crippen LogP contribution < -0.4 is 5.32 Å². The van der Waals surface area contributed by atoms with Crippen LogP contribution in [0.1, 0.15) is 71.8 Å². The first-order chi connectivity index (χ1) is 13.2. The Bertz CT molecular complexity index is 728. The van der Waals surface area contributed by atoms with Crippen molar-refractivity contribution in [1.29, 1.82) is 0 Å². The molecule has 0 aliphatic carbocycles. The highest BCUT2D eigenvalue weighted by atomic mass is 32.2. The lowest BCUT2D eigenvalue weighted by Gasteiger charge is -2.30. The van der Waals surface area contributed by atoms with Gasteiger partial charge in [0, 0.05) is 25.6 Å². The maximum atomic E-state index is 12.9. The van der Waals surface area contributed by atoms with Gasteiger partial charge in [-0.25, -0.2) is 8.42 Å². The van der Waals surface area contributed by atoms with Gasteiger partial charge in [0.25, 0.3) is 0 Å². The molecule has 0 atom stereocenters. The molecular weight excluding hydrogens is 372 g/mol. The van der Waals surface area contributed by atoms with E-state index in [0.29, 0.717) is 30.8 Å². The highest BCUT2D eigenvalue weighted by molar-refractivity contribution is 7.89. The van der Waals surface area contributed by atoms with Crippen LogP contribution in [0.5, 0.6) is 0 Å². The Balaban J connectivity index is 1.88. The summed E-state index contributed by atoms with van der Waals surface area (Å²) in [4.78, 5) is 12.6. The largest absolute Gasteiger partial charge is 0.356 e. The number of nitrogens with one attached hydrogen (secondary N) is 1. The minimum Gasteiger partial charge on any atom is -0.356 e. The number of unbranched alkanes of at least 4 members (excludes halogenated alkanes) is 3. The van der Waals surface area contributed by atoms with E-state index in [4.69, 9.17) is 0 Å². The molecule has 1 aliphatic heterocycles. The highest BCUT2D eigenvalue weighted by Gasteiger charge is 2.32. The molecule has 1 fully saturated rings. The van der Waals surface area contributed by atoms with E-state index in [9.17, 15) is 13.2 Å². The quantitative estimate of drug-likeness (QED) is 0.659. The van der Waals surface area contributed by atoms with Crippen molar-refractivity contribution < 1.29 is 13.2 Å². The summed E-state index contributed by atoms with van der Waals surface area (Å²) in [5, 5.41) is 3.01. The molecule has 0 spiro atoms. The van der Waals surface area contributed by atoms with E-state index in [0.717, 1.165) is 24.9 Å². The fourth-order valence-corrected chi connectivity index (χ4v) is 5.01. The van der Waals surface area contributed by atoms with E-state index in [2.05, 4.69) is 33.0 Å². The number of amides is 1. The fraction of sp³-hybridized carbons (Fsp3) is 0.682. The standard InChI is InChI=1S/C22H36N2O3S/c1-5-6-7-8-15-23-21(25)18-13-16-24(17-14-18)28(26,27)20-11-9-19(10-12-20)22(2,3)4/h9-12,18H,5-8,13-17H2,1-4H3,(H,23,25). The number of carbonyl (C=O) groups excluding carboxylic acids is 1. The Morgan fingerprint density at radius 2 is 1.68 bits per heavy atom. The van der Waals surface area contributed by atoms with E-state index in [-0.39, 0.29) is 17.2 Å². The van der Waals surface area contributed by atoms with Gasteiger partial charge in [0.1, 0.15) is 0 Å². The second-order valence-corrected chi connectivity index (χ2v) is 10.7. The molecule has 0 saturated carbocycles. The van der Waals surface area contributed by atoms with Crippen LogP contribution in [0.25, 0.3) is 0 Å². The molecule has 158 valence electrons. The van der Waals surface area contributed by atoms with Crippen LogP contribution >= 0.6 is 0 Å². The van der Waals surface area contributed by atoms with E-state index in [1.165, 1.54) is 17.1 Å². The van der Waals surface area contributed by atoms with Crippen molar-refractivity contribution in [2.45, 2.75) is 76.5 Å². The Labute approximate surface area is 170 Å². The number of carbonyl (C=O) groups is 1. The molecule has 1 heterocycles. The molecule has 1 amide bonds. The zero-order valence-electron chi connectivity index (χ0n) is 17.8. The molecule has 28 heavy (non-hydrogen) atoms. The van der Waals surface area contributed by atoms with E-state index >= 15 is 0 Å². The zero-order valence-corrected chi connectivity index (χ0v) is 18.6. The molecule has 2 rings (SSSR count). The van der Waals surface area contributed by atoms with Gasteiger partial charge in [-0.3, -0.25) is 4.79 Å². The minimum absolute atomic E-state index is 0.00939. The predicted molar refractivity (Wildman–Crippen MR) is 114 cm³/mol. The molecule has 1 saturated heterocycles. The average Bonchev–Trinajstić information content (AvgIpc) is 2.67. The van der Waals surface area contributed by atoms with E-state index < -0.39 is 10.0 Å². The maximum absolute atomic E-state index is 12.9. The van der Waals surface area contributed by atoms with Crippen molar-refractivity contribution in [3.8, 4) is 0 Å². The zero-order chi connectivity index (χ0) is 20.8. The number of hydrogen-bond donors (Lipinski definition) is 1. The molecule has 0 bridgehead atoms. The van der Waals surface area contributed by atoms with Crippen molar-refractivity contribution in [3.05, 3.63) is 29.8 Å². The van der Waals surface area contributed by atoms with Gasteiger partial charge in [-0.1, -0.05) is 59.1 Å². The first-order valence-electron chi connectivity index (χ1n) is 10.5. The van der Waals surface area contributed by atoms with Crippen LogP contribution in [0.3, 0.4) is 0 Å². The van der Waals surface area contributed by atoms with Gasteiger partial charge >= 0.3 is 0 Å². The Morgan fingerprint density at radius 1 is 1.07 bits per heavy atom. The van der Waals surface area contributed by atoms with Crippen molar-refractivity contribution in [2.24, 2.45) is 5.92 Å². The van der Waals surface area contributed by atoms with E-state index in [1.807, 2.05) is 12.1 Å². The second kappa shape index (κ2) is 9.88. The SMILES string of the molecule is CCCCCCNC(=O)C1CCN(S(=O)(=O)c2ccc(C(C)(C)C)cc2)CC1. The summed E-state index contributed by atoms with van der Waals surface area (Å²) >= 11 is 0. The van der Waals surface area contributed by atoms with Crippen molar-refractivity contribution in [3.63, 3.8) is 0 Å². The third-order valence-electron chi connectivity index (χ3n) is 5.51. The van der Waals surface area contributed by atoms with Crippen molar-refractivity contribution in [1.82, 2.24) is 9.62 Å². The summed E-state index contributed by atoms with van der Waals surface area (Å²) in [5.41, 5.74) is 1.10. The average molecular weight is 409 g/mol. The van der Waals surface area contributed by atoms with Gasteiger partial charge in [-0.15, -0.1) is 0 Å². The number of rotatable bonds is 8. The van der Waals surface area contributed by atoms with Gasteiger partial charge in [0.15, 0.2) is 0 Å². The molecule has 1 aliphatic rings. The van der Waals surface area contributed by atoms with Gasteiger partial charge in [-0.2, -0.15) is 4.31 Å². The third kappa shape index (κ3) is 6.05. The summed E-state index contributed by atoms with van der Waals surface area (Å²) in [7, 11) is -3.50. The molecule has 5 nitrogen and oxygen atoms in total. The first kappa shape index (κ1) is 22.9. The molecule has 6 heteroatoms.